The minimum absolute atomic E-state index is 0. The molecule has 0 saturated carbocycles. The molecule has 0 spiro atoms. The second-order valence-corrected chi connectivity index (χ2v) is 5.53. The third-order valence-corrected chi connectivity index (χ3v) is 4.10. The average molecular weight is 281 g/mol. The number of nitrogens with one attached hydrogen (secondary N) is 2. The molecule has 3 nitrogen and oxygen atoms in total. The predicted octanol–water partition coefficient (Wildman–Crippen LogP) is 2.69. The van der Waals surface area contributed by atoms with Crippen LogP contribution in [0, 0.1) is 0 Å². The van der Waals surface area contributed by atoms with E-state index in [1.165, 1.54) is 11.3 Å². The van der Waals surface area contributed by atoms with Crippen LogP contribution in [-0.2, 0) is 0 Å². The van der Waals surface area contributed by atoms with Crippen LogP contribution >= 0.6 is 35.5 Å². The molecule has 1 heterocycles. The summed E-state index contributed by atoms with van der Waals surface area (Å²) >= 11 is 3.22. The first-order valence-electron chi connectivity index (χ1n) is 4.76. The number of rotatable bonds is 5. The molecule has 2 N–H and O–H groups in total. The monoisotopic (exact) mass is 280 g/mol. The van der Waals surface area contributed by atoms with Gasteiger partial charge in [-0.1, -0.05) is 6.92 Å². The van der Waals surface area contributed by atoms with E-state index in [1.54, 1.807) is 11.8 Å². The number of thiophene rings is 1. The normalized spacial score (nSPS) is 11.4. The highest BCUT2D eigenvalue weighted by atomic mass is 35.5. The van der Waals surface area contributed by atoms with Gasteiger partial charge in [0.15, 0.2) is 0 Å². The molecule has 6 heteroatoms. The summed E-state index contributed by atoms with van der Waals surface area (Å²) in [5.74, 6) is 0.0161. The molecule has 16 heavy (non-hydrogen) atoms. The van der Waals surface area contributed by atoms with Gasteiger partial charge in [0.2, 0.25) is 0 Å². The van der Waals surface area contributed by atoms with Gasteiger partial charge in [-0.2, -0.15) is 11.8 Å². The summed E-state index contributed by atoms with van der Waals surface area (Å²) in [5.41, 5.74) is 0. The van der Waals surface area contributed by atoms with E-state index in [0.717, 1.165) is 9.88 Å². The molecule has 0 bridgehead atoms. The van der Waals surface area contributed by atoms with Crippen LogP contribution in [0.2, 0.25) is 0 Å². The maximum atomic E-state index is 11.7. The Morgan fingerprint density at radius 2 is 2.25 bits per heavy atom. The topological polar surface area (TPSA) is 41.1 Å². The van der Waals surface area contributed by atoms with Crippen molar-refractivity contribution in [3.05, 3.63) is 17.0 Å². The minimum Gasteiger partial charge on any atom is -0.380 e. The van der Waals surface area contributed by atoms with Gasteiger partial charge in [0.05, 0.1) is 9.88 Å². The van der Waals surface area contributed by atoms with E-state index in [1.807, 2.05) is 25.4 Å². The van der Waals surface area contributed by atoms with Crippen LogP contribution in [0.5, 0.6) is 0 Å². The summed E-state index contributed by atoms with van der Waals surface area (Å²) in [6.45, 7) is 2.81. The van der Waals surface area contributed by atoms with Crippen molar-refractivity contribution in [3.8, 4) is 0 Å². The van der Waals surface area contributed by atoms with Crippen molar-refractivity contribution in [1.29, 1.82) is 0 Å². The van der Waals surface area contributed by atoms with Gasteiger partial charge in [0.25, 0.3) is 5.91 Å². The molecule has 1 rings (SSSR count). The van der Waals surface area contributed by atoms with E-state index in [4.69, 9.17) is 0 Å². The molecule has 0 fully saturated rings. The van der Waals surface area contributed by atoms with Crippen LogP contribution < -0.4 is 10.6 Å². The number of thioether (sulfide) groups is 1. The van der Waals surface area contributed by atoms with Gasteiger partial charge in [0.1, 0.15) is 0 Å². The first kappa shape index (κ1) is 15.6. The molecule has 0 aliphatic carbocycles. The van der Waals surface area contributed by atoms with E-state index in [0.29, 0.717) is 11.8 Å². The van der Waals surface area contributed by atoms with Gasteiger partial charge in [-0.25, -0.2) is 0 Å². The van der Waals surface area contributed by atoms with Crippen molar-refractivity contribution in [2.45, 2.75) is 12.2 Å². The van der Waals surface area contributed by atoms with Crippen LogP contribution in [0.15, 0.2) is 12.1 Å². The number of hydrogen-bond donors (Lipinski definition) is 2. The second-order valence-electron chi connectivity index (χ2n) is 3.17. The molecule has 0 aromatic carbocycles. The van der Waals surface area contributed by atoms with Gasteiger partial charge >= 0.3 is 0 Å². The molecule has 1 aromatic heterocycles. The number of carbonyl (C=O) groups excluding carboxylic acids is 1. The van der Waals surface area contributed by atoms with Gasteiger partial charge < -0.3 is 10.6 Å². The molecule has 0 radical (unpaired) electrons. The number of halogens is 1. The minimum atomic E-state index is 0. The Morgan fingerprint density at radius 1 is 1.56 bits per heavy atom. The van der Waals surface area contributed by atoms with Crippen molar-refractivity contribution in [3.63, 3.8) is 0 Å². The van der Waals surface area contributed by atoms with Gasteiger partial charge in [-0.15, -0.1) is 23.7 Å². The Kier molecular flexibility index (Phi) is 7.62. The lowest BCUT2D eigenvalue weighted by atomic mass is 10.4. The van der Waals surface area contributed by atoms with E-state index in [2.05, 4.69) is 17.6 Å². The fourth-order valence-corrected chi connectivity index (χ4v) is 2.03. The van der Waals surface area contributed by atoms with Gasteiger partial charge in [-0.3, -0.25) is 4.79 Å². The number of hydrogen-bond acceptors (Lipinski definition) is 4. The lowest BCUT2D eigenvalue weighted by Crippen LogP contribution is -2.28. The van der Waals surface area contributed by atoms with Crippen LogP contribution in [0.3, 0.4) is 0 Å². The van der Waals surface area contributed by atoms with Crippen LogP contribution in [0.4, 0.5) is 5.00 Å². The average Bonchev–Trinajstić information content (AvgIpc) is 2.73. The maximum Gasteiger partial charge on any atom is 0.261 e. The van der Waals surface area contributed by atoms with Crippen LogP contribution in [-0.4, -0.2) is 31.0 Å². The van der Waals surface area contributed by atoms with Crippen LogP contribution in [0.25, 0.3) is 0 Å². The number of carbonyl (C=O) groups is 1. The second kappa shape index (κ2) is 7.81. The van der Waals surface area contributed by atoms with E-state index in [-0.39, 0.29) is 18.3 Å². The summed E-state index contributed by atoms with van der Waals surface area (Å²) in [6, 6.07) is 3.76. The smallest absolute Gasteiger partial charge is 0.261 e. The highest BCUT2D eigenvalue weighted by molar-refractivity contribution is 7.99. The van der Waals surface area contributed by atoms with E-state index >= 15 is 0 Å². The number of anilines is 1. The molecule has 1 amide bonds. The van der Waals surface area contributed by atoms with Crippen molar-refractivity contribution in [2.75, 3.05) is 25.2 Å². The Balaban J connectivity index is 0.00000225. The lowest BCUT2D eigenvalue weighted by Gasteiger charge is -2.08. The third kappa shape index (κ3) is 4.63. The Morgan fingerprint density at radius 3 is 2.75 bits per heavy atom. The first-order valence-corrected chi connectivity index (χ1v) is 6.86. The van der Waals surface area contributed by atoms with Crippen molar-refractivity contribution >= 4 is 46.4 Å². The van der Waals surface area contributed by atoms with Gasteiger partial charge in [0, 0.05) is 18.8 Å². The molecular weight excluding hydrogens is 264 g/mol. The zero-order valence-corrected chi connectivity index (χ0v) is 12.0. The standard InChI is InChI=1S/C10H16N2OS2.ClH/c1-7(14-3)6-12-10(13)8-4-5-9(11-2)15-8;/h4-5,7,11H,6H2,1-3H3,(H,12,13);1H. The lowest BCUT2D eigenvalue weighted by molar-refractivity contribution is 0.0958. The Labute approximate surface area is 111 Å². The summed E-state index contributed by atoms with van der Waals surface area (Å²) in [7, 11) is 1.85. The molecule has 0 aliphatic rings. The summed E-state index contributed by atoms with van der Waals surface area (Å²) in [5, 5.41) is 7.39. The Bertz CT molecular complexity index is 330. The van der Waals surface area contributed by atoms with E-state index in [9.17, 15) is 4.79 Å². The fourth-order valence-electron chi connectivity index (χ4n) is 1.00. The van der Waals surface area contributed by atoms with E-state index < -0.39 is 0 Å². The molecule has 1 atom stereocenters. The number of amides is 1. The first-order chi connectivity index (χ1) is 7.17. The molecule has 92 valence electrons. The summed E-state index contributed by atoms with van der Waals surface area (Å²) in [4.78, 5) is 12.4. The zero-order valence-electron chi connectivity index (χ0n) is 9.57. The fraction of sp³-hybridized carbons (Fsp3) is 0.500. The van der Waals surface area contributed by atoms with Crippen LogP contribution in [0.1, 0.15) is 16.6 Å². The molecule has 1 aromatic rings. The molecular formula is C10H17ClN2OS2. The summed E-state index contributed by atoms with van der Waals surface area (Å²) in [6.07, 6.45) is 2.04. The molecule has 1 unspecified atom stereocenters. The largest absolute Gasteiger partial charge is 0.380 e. The van der Waals surface area contributed by atoms with Crippen molar-refractivity contribution in [2.24, 2.45) is 0 Å². The van der Waals surface area contributed by atoms with Gasteiger partial charge in [-0.05, 0) is 18.4 Å². The van der Waals surface area contributed by atoms with Crippen molar-refractivity contribution in [1.82, 2.24) is 5.32 Å². The quantitative estimate of drug-likeness (QED) is 0.871. The van der Waals surface area contributed by atoms with Crippen molar-refractivity contribution < 1.29 is 4.79 Å². The summed E-state index contributed by atoms with van der Waals surface area (Å²) < 4.78 is 0. The Hall–Kier alpha value is -0.390. The predicted molar refractivity (Wildman–Crippen MR) is 76.4 cm³/mol. The molecule has 0 saturated heterocycles. The highest BCUT2D eigenvalue weighted by Gasteiger charge is 2.09. The SMILES string of the molecule is CNc1ccc(C(=O)NCC(C)SC)s1.Cl. The zero-order chi connectivity index (χ0) is 11.3. The molecule has 0 aliphatic heterocycles. The maximum absolute atomic E-state index is 11.7. The third-order valence-electron chi connectivity index (χ3n) is 2.03. The highest BCUT2D eigenvalue weighted by Crippen LogP contribution is 2.20.